The number of hydrogen-bond donors (Lipinski definition) is 1. The molecule has 0 saturated carbocycles. The van der Waals surface area contributed by atoms with Gasteiger partial charge in [-0.15, -0.1) is 21.4 Å². The molecular weight excluding hydrogens is 331 g/mol. The van der Waals surface area contributed by atoms with E-state index in [0.717, 1.165) is 25.1 Å². The lowest BCUT2D eigenvalue weighted by atomic mass is 9.97. The van der Waals surface area contributed by atoms with E-state index in [1.54, 1.807) is 10.9 Å². The van der Waals surface area contributed by atoms with Crippen molar-refractivity contribution in [2.24, 2.45) is 0 Å². The maximum atomic E-state index is 12.8. The molecule has 0 aliphatic carbocycles. The van der Waals surface area contributed by atoms with Gasteiger partial charge in [0.05, 0.1) is 22.3 Å². The lowest BCUT2D eigenvalue weighted by Crippen LogP contribution is -2.33. The van der Waals surface area contributed by atoms with Crippen molar-refractivity contribution in [1.29, 1.82) is 0 Å². The molecule has 0 radical (unpaired) electrons. The van der Waals surface area contributed by atoms with Gasteiger partial charge in [-0.05, 0) is 50.6 Å². The van der Waals surface area contributed by atoms with Crippen LogP contribution in [0.5, 0.6) is 0 Å². The van der Waals surface area contributed by atoms with E-state index in [2.05, 4.69) is 22.6 Å². The number of benzene rings is 1. The molecule has 22 heavy (non-hydrogen) atoms. The van der Waals surface area contributed by atoms with Gasteiger partial charge in [0.25, 0.3) is 0 Å². The summed E-state index contributed by atoms with van der Waals surface area (Å²) in [4.78, 5) is -0.365. The molecule has 3 rings (SSSR count). The van der Waals surface area contributed by atoms with Crippen LogP contribution in [-0.2, 0) is 15.8 Å². The van der Waals surface area contributed by atoms with E-state index < -0.39 is 10.2 Å². The van der Waals surface area contributed by atoms with Crippen molar-refractivity contribution < 1.29 is 12.3 Å². The summed E-state index contributed by atoms with van der Waals surface area (Å²) >= 11 is 0. The zero-order valence-electron chi connectivity index (χ0n) is 11.9. The molecule has 1 aromatic heterocycles. The Morgan fingerprint density at radius 2 is 2.00 bits per heavy atom. The molecule has 1 saturated heterocycles. The van der Waals surface area contributed by atoms with Crippen LogP contribution in [0.3, 0.4) is 0 Å². The summed E-state index contributed by atoms with van der Waals surface area (Å²) in [5, 5.41) is 11.6. The number of nitrogens with zero attached hydrogens (tertiary/aromatic N) is 3. The Balaban J connectivity index is 0.00000176. The van der Waals surface area contributed by atoms with Crippen LogP contribution < -0.4 is 5.32 Å². The minimum atomic E-state index is -4.67. The number of aromatic nitrogens is 3. The monoisotopic (exact) mass is 346 g/mol. The molecule has 2 heterocycles. The van der Waals surface area contributed by atoms with Gasteiger partial charge in [0.15, 0.2) is 0 Å². The van der Waals surface area contributed by atoms with E-state index in [0.29, 0.717) is 5.69 Å². The molecular formula is C13H16ClFN4O2S. The molecule has 1 aliphatic heterocycles. The van der Waals surface area contributed by atoms with Crippen LogP contribution in [0.4, 0.5) is 3.89 Å². The molecule has 2 aromatic rings. The van der Waals surface area contributed by atoms with Crippen LogP contribution in [0.25, 0.3) is 5.69 Å². The van der Waals surface area contributed by atoms with Gasteiger partial charge < -0.3 is 5.32 Å². The minimum Gasteiger partial charge on any atom is -0.306 e. The third kappa shape index (κ3) is 3.13. The molecule has 0 amide bonds. The molecule has 1 N–H and O–H groups in total. The van der Waals surface area contributed by atoms with Gasteiger partial charge in [-0.2, -0.15) is 8.42 Å². The van der Waals surface area contributed by atoms with E-state index in [1.165, 1.54) is 24.3 Å². The molecule has 1 atom stereocenters. The highest BCUT2D eigenvalue weighted by Crippen LogP contribution is 2.28. The topological polar surface area (TPSA) is 76.9 Å². The number of halogens is 2. The first-order valence-corrected chi connectivity index (χ1v) is 8.00. The smallest absolute Gasteiger partial charge is 0.306 e. The highest BCUT2D eigenvalue weighted by atomic mass is 35.5. The van der Waals surface area contributed by atoms with Gasteiger partial charge in [-0.25, -0.2) is 4.68 Å². The van der Waals surface area contributed by atoms with Crippen molar-refractivity contribution in [2.75, 3.05) is 6.54 Å². The number of hydrogen-bond acceptors (Lipinski definition) is 5. The number of nitrogens with one attached hydrogen (secondary N) is 1. The zero-order chi connectivity index (χ0) is 15.1. The highest BCUT2D eigenvalue weighted by Gasteiger charge is 2.32. The second kappa shape index (κ2) is 5.94. The SMILES string of the molecule is C[C@@]1(c2cn(-c3ccc(S(=O)(=O)F)cc3)nn2)CCCN1.Cl. The molecule has 0 spiro atoms. The lowest BCUT2D eigenvalue weighted by Gasteiger charge is -2.20. The van der Waals surface area contributed by atoms with Crippen molar-refractivity contribution in [2.45, 2.75) is 30.2 Å². The normalized spacial score (nSPS) is 21.5. The highest BCUT2D eigenvalue weighted by molar-refractivity contribution is 7.86. The van der Waals surface area contributed by atoms with E-state index in [-0.39, 0.29) is 22.8 Å². The van der Waals surface area contributed by atoms with Gasteiger partial charge in [0, 0.05) is 0 Å². The molecule has 1 aliphatic rings. The van der Waals surface area contributed by atoms with Gasteiger partial charge in [0.1, 0.15) is 5.69 Å². The van der Waals surface area contributed by atoms with Crippen LogP contribution in [0.1, 0.15) is 25.5 Å². The quantitative estimate of drug-likeness (QED) is 0.859. The van der Waals surface area contributed by atoms with E-state index in [9.17, 15) is 12.3 Å². The first-order chi connectivity index (χ1) is 9.88. The van der Waals surface area contributed by atoms with E-state index in [4.69, 9.17) is 0 Å². The standard InChI is InChI=1S/C13H15FN4O2S.ClH/c1-13(7-2-8-15-13)12-9-18(17-16-12)10-3-5-11(6-4-10)21(14,19)20;/h3-6,9,15H,2,7-8H2,1H3;1H/t13-;/m0./s1. The second-order valence-corrected chi connectivity index (χ2v) is 6.69. The first-order valence-electron chi connectivity index (χ1n) is 6.61. The fourth-order valence-electron chi connectivity index (χ4n) is 2.52. The summed E-state index contributed by atoms with van der Waals surface area (Å²) in [6.45, 7) is 3.03. The first kappa shape index (κ1) is 16.9. The van der Waals surface area contributed by atoms with Gasteiger partial charge >= 0.3 is 10.2 Å². The Kier molecular flexibility index (Phi) is 4.55. The Hall–Kier alpha value is -1.51. The van der Waals surface area contributed by atoms with Crippen LogP contribution in [0.2, 0.25) is 0 Å². The predicted molar refractivity (Wildman–Crippen MR) is 81.5 cm³/mol. The predicted octanol–water partition coefficient (Wildman–Crippen LogP) is 1.95. The van der Waals surface area contributed by atoms with Crippen molar-refractivity contribution in [3.63, 3.8) is 0 Å². The van der Waals surface area contributed by atoms with E-state index >= 15 is 0 Å². The minimum absolute atomic E-state index is 0. The zero-order valence-corrected chi connectivity index (χ0v) is 13.5. The summed E-state index contributed by atoms with van der Waals surface area (Å²) in [6, 6.07) is 5.41. The largest absolute Gasteiger partial charge is 0.332 e. The third-order valence-corrected chi connectivity index (χ3v) is 4.65. The Labute approximate surface area is 134 Å². The Bertz CT molecular complexity index is 755. The Morgan fingerprint density at radius 1 is 1.32 bits per heavy atom. The van der Waals surface area contributed by atoms with Crippen LogP contribution >= 0.6 is 12.4 Å². The Morgan fingerprint density at radius 3 is 2.55 bits per heavy atom. The summed E-state index contributed by atoms with van der Waals surface area (Å²) < 4.78 is 36.0. The maximum Gasteiger partial charge on any atom is 0.332 e. The number of rotatable bonds is 3. The van der Waals surface area contributed by atoms with Crippen molar-refractivity contribution in [1.82, 2.24) is 20.3 Å². The lowest BCUT2D eigenvalue weighted by molar-refractivity contribution is 0.421. The summed E-state index contributed by atoms with van der Waals surface area (Å²) in [6.07, 6.45) is 3.88. The molecule has 6 nitrogen and oxygen atoms in total. The summed E-state index contributed by atoms with van der Waals surface area (Å²) in [5.41, 5.74) is 1.28. The maximum absolute atomic E-state index is 12.8. The summed E-state index contributed by atoms with van der Waals surface area (Å²) in [5.74, 6) is 0. The van der Waals surface area contributed by atoms with Gasteiger partial charge in [-0.1, -0.05) is 5.21 Å². The molecule has 9 heteroatoms. The fraction of sp³-hybridized carbons (Fsp3) is 0.385. The van der Waals surface area contributed by atoms with Crippen molar-refractivity contribution in [3.8, 4) is 5.69 Å². The van der Waals surface area contributed by atoms with Crippen LogP contribution in [0.15, 0.2) is 35.4 Å². The van der Waals surface area contributed by atoms with E-state index in [1.807, 2.05) is 0 Å². The molecule has 0 bridgehead atoms. The third-order valence-electron chi connectivity index (χ3n) is 3.81. The van der Waals surface area contributed by atoms with Gasteiger partial charge in [0.2, 0.25) is 0 Å². The average molecular weight is 347 g/mol. The molecule has 1 aromatic carbocycles. The molecule has 0 unspecified atom stereocenters. The molecule has 1 fully saturated rings. The molecule has 120 valence electrons. The van der Waals surface area contributed by atoms with Crippen LogP contribution in [-0.4, -0.2) is 30.0 Å². The summed E-state index contributed by atoms with van der Waals surface area (Å²) in [7, 11) is -4.67. The van der Waals surface area contributed by atoms with Crippen LogP contribution in [0, 0.1) is 0 Å². The fourth-order valence-corrected chi connectivity index (χ4v) is 2.98. The second-order valence-electron chi connectivity index (χ2n) is 5.34. The van der Waals surface area contributed by atoms with Crippen molar-refractivity contribution >= 4 is 22.6 Å². The van der Waals surface area contributed by atoms with Crippen molar-refractivity contribution in [3.05, 3.63) is 36.2 Å². The van der Waals surface area contributed by atoms with Gasteiger partial charge in [-0.3, -0.25) is 0 Å². The average Bonchev–Trinajstić information content (AvgIpc) is 3.07.